The zero-order valence-corrected chi connectivity index (χ0v) is 12.2. The van der Waals surface area contributed by atoms with Crippen molar-refractivity contribution in [3.05, 3.63) is 30.3 Å². The Morgan fingerprint density at radius 2 is 1.86 bits per heavy atom. The second-order valence-electron chi connectivity index (χ2n) is 5.09. The number of aliphatic carboxylic acids is 1. The standard InChI is InChI=1S/C14H17NO5S/c16-13(10-6-7-10)15-12(14(17)18)8-9-21(19,20)11-4-2-1-3-5-11/h1-5,10,12H,6-9H2,(H,15,16)(H,17,18)/t12-/m1/s1. The Morgan fingerprint density at radius 1 is 1.24 bits per heavy atom. The number of carbonyl (C=O) groups excluding carboxylic acids is 1. The van der Waals surface area contributed by atoms with E-state index < -0.39 is 21.8 Å². The van der Waals surface area contributed by atoms with Crippen LogP contribution in [-0.4, -0.2) is 37.2 Å². The normalized spacial score (nSPS) is 16.2. The third-order valence-electron chi connectivity index (χ3n) is 3.34. The molecule has 1 amide bonds. The van der Waals surface area contributed by atoms with Crippen LogP contribution in [0.15, 0.2) is 35.2 Å². The summed E-state index contributed by atoms with van der Waals surface area (Å²) >= 11 is 0. The molecule has 0 radical (unpaired) electrons. The zero-order valence-electron chi connectivity index (χ0n) is 11.4. The summed E-state index contributed by atoms with van der Waals surface area (Å²) in [6.45, 7) is 0. The number of hydrogen-bond donors (Lipinski definition) is 2. The van der Waals surface area contributed by atoms with Crippen LogP contribution in [-0.2, 0) is 19.4 Å². The SMILES string of the molecule is O=C(N[C@H](CCS(=O)(=O)c1ccccc1)C(=O)O)C1CC1. The average molecular weight is 311 g/mol. The molecule has 6 nitrogen and oxygen atoms in total. The second kappa shape index (κ2) is 6.26. The molecule has 2 N–H and O–H groups in total. The molecule has 21 heavy (non-hydrogen) atoms. The maximum absolute atomic E-state index is 12.1. The van der Waals surface area contributed by atoms with Crippen molar-refractivity contribution in [2.45, 2.75) is 30.2 Å². The molecule has 1 saturated carbocycles. The van der Waals surface area contributed by atoms with E-state index in [1.165, 1.54) is 12.1 Å². The summed E-state index contributed by atoms with van der Waals surface area (Å²) in [5.74, 6) is -1.96. The number of carboxylic acids is 1. The van der Waals surface area contributed by atoms with E-state index in [-0.39, 0.29) is 28.9 Å². The highest BCUT2D eigenvalue weighted by Gasteiger charge is 2.33. The molecule has 0 bridgehead atoms. The predicted molar refractivity (Wildman–Crippen MR) is 75.4 cm³/mol. The number of sulfone groups is 1. The highest BCUT2D eigenvalue weighted by molar-refractivity contribution is 7.91. The first kappa shape index (κ1) is 15.5. The first-order chi connectivity index (χ1) is 9.90. The van der Waals surface area contributed by atoms with Gasteiger partial charge in [0.2, 0.25) is 5.91 Å². The molecule has 0 unspecified atom stereocenters. The molecule has 0 heterocycles. The minimum Gasteiger partial charge on any atom is -0.480 e. The number of carboxylic acid groups (broad SMARTS) is 1. The van der Waals surface area contributed by atoms with E-state index in [9.17, 15) is 18.0 Å². The lowest BCUT2D eigenvalue weighted by molar-refractivity contribution is -0.142. The minimum absolute atomic E-state index is 0.113. The Labute approximate surface area is 123 Å². The fourth-order valence-electron chi connectivity index (χ4n) is 1.91. The van der Waals surface area contributed by atoms with E-state index in [1.807, 2.05) is 0 Å². The van der Waals surface area contributed by atoms with Crippen molar-refractivity contribution in [3.63, 3.8) is 0 Å². The van der Waals surface area contributed by atoms with Crippen LogP contribution in [0.3, 0.4) is 0 Å². The van der Waals surface area contributed by atoms with E-state index in [0.717, 1.165) is 12.8 Å². The third kappa shape index (κ3) is 4.29. The lowest BCUT2D eigenvalue weighted by Crippen LogP contribution is -2.42. The average Bonchev–Trinajstić information content (AvgIpc) is 3.28. The highest BCUT2D eigenvalue weighted by atomic mass is 32.2. The molecule has 0 spiro atoms. The van der Waals surface area contributed by atoms with Gasteiger partial charge in [0.05, 0.1) is 10.6 Å². The molecule has 1 aromatic carbocycles. The van der Waals surface area contributed by atoms with Crippen LogP contribution in [0.25, 0.3) is 0 Å². The van der Waals surface area contributed by atoms with E-state index in [2.05, 4.69) is 5.32 Å². The van der Waals surface area contributed by atoms with Gasteiger partial charge in [-0.3, -0.25) is 4.79 Å². The van der Waals surface area contributed by atoms with Crippen molar-refractivity contribution in [1.82, 2.24) is 5.32 Å². The van der Waals surface area contributed by atoms with Crippen molar-refractivity contribution < 1.29 is 23.1 Å². The van der Waals surface area contributed by atoms with Crippen LogP contribution < -0.4 is 5.32 Å². The van der Waals surface area contributed by atoms with Gasteiger partial charge in [-0.15, -0.1) is 0 Å². The Hall–Kier alpha value is -1.89. The molecule has 7 heteroatoms. The van der Waals surface area contributed by atoms with E-state index in [0.29, 0.717) is 0 Å². The summed E-state index contributed by atoms with van der Waals surface area (Å²) < 4.78 is 24.2. The molecular formula is C14H17NO5S. The van der Waals surface area contributed by atoms with Gasteiger partial charge < -0.3 is 10.4 Å². The van der Waals surface area contributed by atoms with Gasteiger partial charge in [0.1, 0.15) is 6.04 Å². The Bertz CT molecular complexity index is 622. The summed E-state index contributed by atoms with van der Waals surface area (Å²) in [4.78, 5) is 22.9. The largest absolute Gasteiger partial charge is 0.480 e. The molecule has 2 rings (SSSR count). The van der Waals surface area contributed by atoms with Crippen molar-refractivity contribution in [1.29, 1.82) is 0 Å². The van der Waals surface area contributed by atoms with Crippen molar-refractivity contribution in [2.75, 3.05) is 5.75 Å². The Balaban J connectivity index is 1.98. The molecular weight excluding hydrogens is 294 g/mol. The zero-order chi connectivity index (χ0) is 15.5. The smallest absolute Gasteiger partial charge is 0.326 e. The monoisotopic (exact) mass is 311 g/mol. The fourth-order valence-corrected chi connectivity index (χ4v) is 3.26. The van der Waals surface area contributed by atoms with Gasteiger partial charge in [0, 0.05) is 5.92 Å². The number of hydrogen-bond acceptors (Lipinski definition) is 4. The molecule has 114 valence electrons. The molecule has 1 atom stereocenters. The van der Waals surface area contributed by atoms with Crippen molar-refractivity contribution in [2.24, 2.45) is 5.92 Å². The van der Waals surface area contributed by atoms with Crippen LogP contribution in [0.5, 0.6) is 0 Å². The van der Waals surface area contributed by atoms with Gasteiger partial charge in [0.15, 0.2) is 9.84 Å². The van der Waals surface area contributed by atoms with Crippen LogP contribution in [0.1, 0.15) is 19.3 Å². The molecule has 1 aliphatic rings. The maximum Gasteiger partial charge on any atom is 0.326 e. The molecule has 1 aromatic rings. The van der Waals surface area contributed by atoms with E-state index in [4.69, 9.17) is 5.11 Å². The minimum atomic E-state index is -3.54. The fraction of sp³-hybridized carbons (Fsp3) is 0.429. The van der Waals surface area contributed by atoms with Gasteiger partial charge in [0.25, 0.3) is 0 Å². The lowest BCUT2D eigenvalue weighted by Gasteiger charge is -2.14. The van der Waals surface area contributed by atoms with Crippen LogP contribution >= 0.6 is 0 Å². The quantitative estimate of drug-likeness (QED) is 0.777. The van der Waals surface area contributed by atoms with Gasteiger partial charge in [-0.25, -0.2) is 13.2 Å². The molecule has 0 saturated heterocycles. The van der Waals surface area contributed by atoms with E-state index >= 15 is 0 Å². The number of rotatable bonds is 7. The van der Waals surface area contributed by atoms with E-state index in [1.54, 1.807) is 18.2 Å². The predicted octanol–water partition coefficient (Wildman–Crippen LogP) is 0.830. The van der Waals surface area contributed by atoms with Gasteiger partial charge >= 0.3 is 5.97 Å². The summed E-state index contributed by atoms with van der Waals surface area (Å²) in [5, 5.41) is 11.5. The molecule has 0 aliphatic heterocycles. The topological polar surface area (TPSA) is 101 Å². The first-order valence-electron chi connectivity index (χ1n) is 6.71. The number of amides is 1. The summed E-state index contributed by atoms with van der Waals surface area (Å²) in [5.41, 5.74) is 0. The van der Waals surface area contributed by atoms with Crippen LogP contribution in [0.4, 0.5) is 0 Å². The third-order valence-corrected chi connectivity index (χ3v) is 5.10. The highest BCUT2D eigenvalue weighted by Crippen LogP contribution is 2.29. The first-order valence-corrected chi connectivity index (χ1v) is 8.36. The Kier molecular flexibility index (Phi) is 4.62. The Morgan fingerprint density at radius 3 is 2.38 bits per heavy atom. The second-order valence-corrected chi connectivity index (χ2v) is 7.20. The van der Waals surface area contributed by atoms with Crippen molar-refractivity contribution >= 4 is 21.7 Å². The van der Waals surface area contributed by atoms with Gasteiger partial charge in [-0.05, 0) is 31.4 Å². The van der Waals surface area contributed by atoms with Crippen LogP contribution in [0, 0.1) is 5.92 Å². The molecule has 0 aromatic heterocycles. The summed E-state index contributed by atoms with van der Waals surface area (Å²) in [6.07, 6.45) is 1.38. The molecule has 1 aliphatic carbocycles. The van der Waals surface area contributed by atoms with Crippen LogP contribution in [0.2, 0.25) is 0 Å². The summed E-state index contributed by atoms with van der Waals surface area (Å²) in [7, 11) is -3.54. The van der Waals surface area contributed by atoms with Gasteiger partial charge in [-0.1, -0.05) is 18.2 Å². The number of carbonyl (C=O) groups is 2. The summed E-state index contributed by atoms with van der Waals surface area (Å²) in [6, 6.07) is 6.68. The maximum atomic E-state index is 12.1. The van der Waals surface area contributed by atoms with Crippen molar-refractivity contribution in [3.8, 4) is 0 Å². The molecule has 1 fully saturated rings. The van der Waals surface area contributed by atoms with Gasteiger partial charge in [-0.2, -0.15) is 0 Å². The lowest BCUT2D eigenvalue weighted by atomic mass is 10.2. The number of nitrogens with one attached hydrogen (secondary N) is 1. The number of benzene rings is 1.